The van der Waals surface area contributed by atoms with Gasteiger partial charge in [-0.1, -0.05) is 24.3 Å². The van der Waals surface area contributed by atoms with Gasteiger partial charge in [0.2, 0.25) is 0 Å². The number of urea groups is 1. The summed E-state index contributed by atoms with van der Waals surface area (Å²) in [4.78, 5) is 40.8. The maximum Gasteiger partial charge on any atom is 0.410 e. The molecule has 0 radical (unpaired) electrons. The number of hydrogen-bond donors (Lipinski definition) is 2. The quantitative estimate of drug-likeness (QED) is 0.548. The normalized spacial score (nSPS) is 17.5. The highest BCUT2D eigenvalue weighted by Crippen LogP contribution is 2.25. The number of aromatic amines is 1. The van der Waals surface area contributed by atoms with Crippen LogP contribution in [0.1, 0.15) is 29.5 Å². The van der Waals surface area contributed by atoms with Crippen LogP contribution < -0.4 is 5.32 Å². The zero-order chi connectivity index (χ0) is 24.4. The number of piperidine rings is 1. The highest BCUT2D eigenvalue weighted by molar-refractivity contribution is 5.91. The topological polar surface area (TPSA) is 108 Å². The van der Waals surface area contributed by atoms with Gasteiger partial charge in [-0.05, 0) is 55.0 Å². The molecule has 9 heteroatoms. The lowest BCUT2D eigenvalue weighted by Crippen LogP contribution is -2.50. The number of amides is 3. The zero-order valence-corrected chi connectivity index (χ0v) is 19.7. The minimum Gasteiger partial charge on any atom is -0.438 e. The highest BCUT2D eigenvalue weighted by atomic mass is 16.6. The van der Waals surface area contributed by atoms with Crippen molar-refractivity contribution in [1.29, 1.82) is 0 Å². The number of H-pyrrole nitrogens is 1. The molecule has 3 heterocycles. The second kappa shape index (κ2) is 9.77. The molecule has 1 saturated heterocycles. The Morgan fingerprint density at radius 1 is 1.23 bits per heavy atom. The van der Waals surface area contributed by atoms with Gasteiger partial charge < -0.3 is 19.9 Å². The number of nitrogens with one attached hydrogen (secondary N) is 2. The molecule has 1 unspecified atom stereocenters. The Kier molecular flexibility index (Phi) is 6.39. The average Bonchev–Trinajstić information content (AvgIpc) is 3.27. The second-order valence-electron chi connectivity index (χ2n) is 9.26. The van der Waals surface area contributed by atoms with Crippen molar-refractivity contribution in [1.82, 2.24) is 20.0 Å². The predicted molar refractivity (Wildman–Crippen MR) is 131 cm³/mol. The molecule has 0 spiro atoms. The maximum atomic E-state index is 12.8. The van der Waals surface area contributed by atoms with Gasteiger partial charge in [-0.15, -0.1) is 0 Å². The Morgan fingerprint density at radius 3 is 2.83 bits per heavy atom. The van der Waals surface area contributed by atoms with Crippen molar-refractivity contribution in [2.75, 3.05) is 25.0 Å². The average molecular weight is 476 g/mol. The monoisotopic (exact) mass is 475 g/mol. The summed E-state index contributed by atoms with van der Waals surface area (Å²) in [6, 6.07) is 11.7. The number of para-hydroxylation sites is 1. The molecule has 182 valence electrons. The second-order valence-corrected chi connectivity index (χ2v) is 9.26. The minimum absolute atomic E-state index is 0.0555. The third-order valence-electron chi connectivity index (χ3n) is 6.95. The molecule has 2 N–H and O–H groups in total. The Labute approximate surface area is 203 Å². The van der Waals surface area contributed by atoms with Crippen LogP contribution in [0, 0.1) is 6.92 Å². The summed E-state index contributed by atoms with van der Waals surface area (Å²) in [6.45, 7) is 3.57. The van der Waals surface area contributed by atoms with E-state index in [0.29, 0.717) is 45.2 Å². The number of benzene rings is 2. The summed E-state index contributed by atoms with van der Waals surface area (Å²) >= 11 is 0. The van der Waals surface area contributed by atoms with E-state index in [1.165, 1.54) is 0 Å². The minimum atomic E-state index is -0.862. The van der Waals surface area contributed by atoms with Gasteiger partial charge in [0, 0.05) is 43.2 Å². The number of nitrogens with zero attached hydrogens (tertiary/aromatic N) is 3. The number of aryl methyl sites for hydroxylation is 1. The fourth-order valence-corrected chi connectivity index (χ4v) is 5.08. The van der Waals surface area contributed by atoms with Crippen LogP contribution in [0.3, 0.4) is 0 Å². The van der Waals surface area contributed by atoms with Gasteiger partial charge in [-0.3, -0.25) is 9.89 Å². The third kappa shape index (κ3) is 4.84. The molecule has 0 saturated carbocycles. The number of carbonyl (C=O) groups excluding carboxylic acids is 3. The molecule has 5 rings (SSSR count). The molecule has 0 aliphatic carbocycles. The summed E-state index contributed by atoms with van der Waals surface area (Å²) in [5, 5.41) is 11.0. The van der Waals surface area contributed by atoms with Crippen LogP contribution in [0.15, 0.2) is 42.6 Å². The molecule has 2 aliphatic rings. The lowest BCUT2D eigenvalue weighted by molar-refractivity contribution is -0.115. The van der Waals surface area contributed by atoms with E-state index < -0.39 is 12.2 Å². The Balaban J connectivity index is 1.16. The summed E-state index contributed by atoms with van der Waals surface area (Å²) < 4.78 is 5.54. The number of ether oxygens (including phenoxy) is 1. The van der Waals surface area contributed by atoms with Crippen molar-refractivity contribution in [3.63, 3.8) is 0 Å². The highest BCUT2D eigenvalue weighted by Gasteiger charge is 2.32. The fourth-order valence-electron chi connectivity index (χ4n) is 5.08. The van der Waals surface area contributed by atoms with Crippen molar-refractivity contribution in [3.8, 4) is 0 Å². The number of aromatic nitrogens is 2. The van der Waals surface area contributed by atoms with Gasteiger partial charge in [-0.2, -0.15) is 5.10 Å². The first kappa shape index (κ1) is 22.9. The van der Waals surface area contributed by atoms with Crippen molar-refractivity contribution in [2.45, 2.75) is 44.8 Å². The molecular weight excluding hydrogens is 446 g/mol. The first-order chi connectivity index (χ1) is 17.0. The van der Waals surface area contributed by atoms with Gasteiger partial charge in [-0.25, -0.2) is 9.59 Å². The predicted octanol–water partition coefficient (Wildman–Crippen LogP) is 3.67. The van der Waals surface area contributed by atoms with E-state index in [4.69, 9.17) is 4.74 Å². The van der Waals surface area contributed by atoms with Crippen LogP contribution in [0.2, 0.25) is 0 Å². The molecule has 1 fully saturated rings. The Hall–Kier alpha value is -3.88. The van der Waals surface area contributed by atoms with E-state index in [2.05, 4.69) is 15.5 Å². The number of aldehydes is 1. The first-order valence-electron chi connectivity index (χ1n) is 12.0. The molecule has 3 amide bonds. The maximum absolute atomic E-state index is 12.8. The van der Waals surface area contributed by atoms with E-state index in [1.54, 1.807) is 11.1 Å². The van der Waals surface area contributed by atoms with E-state index in [9.17, 15) is 14.4 Å². The largest absolute Gasteiger partial charge is 0.438 e. The zero-order valence-electron chi connectivity index (χ0n) is 19.7. The number of hydrogen-bond acceptors (Lipinski definition) is 5. The molecule has 9 nitrogen and oxygen atoms in total. The number of anilines is 1. The molecule has 35 heavy (non-hydrogen) atoms. The van der Waals surface area contributed by atoms with Crippen molar-refractivity contribution < 1.29 is 19.1 Å². The first-order valence-corrected chi connectivity index (χ1v) is 12.0. The van der Waals surface area contributed by atoms with E-state index >= 15 is 0 Å². The summed E-state index contributed by atoms with van der Waals surface area (Å²) in [5.41, 5.74) is 4.88. The van der Waals surface area contributed by atoms with Crippen LogP contribution in [0.4, 0.5) is 15.3 Å². The lowest BCUT2D eigenvalue weighted by Gasteiger charge is -2.37. The molecule has 2 aromatic carbocycles. The van der Waals surface area contributed by atoms with Crippen LogP contribution in [0.25, 0.3) is 10.9 Å². The van der Waals surface area contributed by atoms with Crippen molar-refractivity contribution in [3.05, 3.63) is 59.3 Å². The van der Waals surface area contributed by atoms with Gasteiger partial charge in [0.1, 0.15) is 0 Å². The van der Waals surface area contributed by atoms with Crippen LogP contribution in [-0.4, -0.2) is 70.2 Å². The van der Waals surface area contributed by atoms with E-state index in [0.717, 1.165) is 39.7 Å². The molecule has 0 bridgehead atoms. The number of rotatable bonds is 5. The lowest BCUT2D eigenvalue weighted by atomic mass is 10.0. The summed E-state index contributed by atoms with van der Waals surface area (Å²) in [6.07, 6.45) is 3.50. The standard InChI is InChI=1S/C26H29N5O4/c1-17-12-18(13-20-15-27-29-24(17)20)14-22(16-32)35-26(34)30-9-7-21(8-10-30)31-11-6-19-4-2-3-5-23(19)28-25(31)33/h2-5,12-13,15-16,21-22H,6-11,14H2,1H3,(H,27,29)(H,28,33). The van der Waals surface area contributed by atoms with Gasteiger partial charge in [0.15, 0.2) is 12.4 Å². The molecule has 3 aromatic rings. The van der Waals surface area contributed by atoms with Crippen molar-refractivity contribution >= 4 is 35.0 Å². The van der Waals surface area contributed by atoms with Gasteiger partial charge >= 0.3 is 12.1 Å². The Bertz CT molecular complexity index is 1250. The van der Waals surface area contributed by atoms with Gasteiger partial charge in [0.05, 0.1) is 11.7 Å². The number of fused-ring (bicyclic) bond motifs is 2. The number of likely N-dealkylation sites (tertiary alicyclic amines) is 1. The summed E-state index contributed by atoms with van der Waals surface area (Å²) in [7, 11) is 0. The fraction of sp³-hybridized carbons (Fsp3) is 0.385. The van der Waals surface area contributed by atoms with E-state index in [-0.39, 0.29) is 12.1 Å². The summed E-state index contributed by atoms with van der Waals surface area (Å²) in [5.74, 6) is 0. The molecule has 2 aliphatic heterocycles. The van der Waals surface area contributed by atoms with Crippen molar-refractivity contribution in [2.24, 2.45) is 0 Å². The van der Waals surface area contributed by atoms with Crippen LogP contribution >= 0.6 is 0 Å². The molecule has 1 aromatic heterocycles. The molecule has 1 atom stereocenters. The number of carbonyl (C=O) groups is 3. The van der Waals surface area contributed by atoms with Crippen LogP contribution in [-0.2, 0) is 22.4 Å². The Morgan fingerprint density at radius 2 is 2.03 bits per heavy atom. The van der Waals surface area contributed by atoms with Crippen LogP contribution in [0.5, 0.6) is 0 Å². The SMILES string of the molecule is Cc1cc(CC(C=O)OC(=O)N2CCC(N3CCc4ccccc4NC3=O)CC2)cc2cn[nH]c12. The molecular formula is C26H29N5O4. The third-order valence-corrected chi connectivity index (χ3v) is 6.95. The smallest absolute Gasteiger partial charge is 0.410 e. The van der Waals surface area contributed by atoms with E-state index in [1.807, 2.05) is 48.2 Å². The van der Waals surface area contributed by atoms with Gasteiger partial charge in [0.25, 0.3) is 0 Å².